The number of piperazine rings is 1. The molecule has 7 nitrogen and oxygen atoms in total. The molecule has 1 aliphatic heterocycles. The van der Waals surface area contributed by atoms with Crippen molar-refractivity contribution in [1.82, 2.24) is 15.4 Å². The molecule has 0 saturated carbocycles. The molecular formula is C26H26ClF5N4O3. The summed E-state index contributed by atoms with van der Waals surface area (Å²) in [4.78, 5) is 16.7. The number of hydrogen-bond acceptors (Lipinski definition) is 6. The van der Waals surface area contributed by atoms with Crippen molar-refractivity contribution in [2.24, 2.45) is 0 Å². The number of halogens is 6. The molecule has 0 atom stereocenters. The minimum Gasteiger partial charge on any atom is -0.424 e. The number of nitrogens with zero attached hydrogens (tertiary/aromatic N) is 3. The predicted molar refractivity (Wildman–Crippen MR) is 135 cm³/mol. The lowest BCUT2D eigenvalue weighted by Crippen LogP contribution is -2.47. The van der Waals surface area contributed by atoms with Crippen molar-refractivity contribution in [3.8, 4) is 17.0 Å². The summed E-state index contributed by atoms with van der Waals surface area (Å²) in [5.74, 6) is -0.493. The van der Waals surface area contributed by atoms with Crippen LogP contribution in [0.2, 0.25) is 5.02 Å². The maximum absolute atomic E-state index is 13.5. The highest BCUT2D eigenvalue weighted by Gasteiger charge is 2.61. The Labute approximate surface area is 226 Å². The number of hydrogen-bond donors (Lipinski definition) is 1. The van der Waals surface area contributed by atoms with Gasteiger partial charge in [-0.3, -0.25) is 9.69 Å². The first kappa shape index (κ1) is 28.6. The zero-order valence-corrected chi connectivity index (χ0v) is 21.7. The molecule has 2 heterocycles. The third-order valence-corrected chi connectivity index (χ3v) is 6.63. The molecule has 1 fully saturated rings. The summed E-state index contributed by atoms with van der Waals surface area (Å²) in [5, 5.41) is 7.32. The van der Waals surface area contributed by atoms with E-state index >= 15 is 0 Å². The number of aromatic nitrogens is 1. The van der Waals surface area contributed by atoms with Gasteiger partial charge in [0.05, 0.1) is 10.7 Å². The van der Waals surface area contributed by atoms with Crippen LogP contribution in [-0.2, 0) is 0 Å². The second kappa shape index (κ2) is 11.8. The van der Waals surface area contributed by atoms with Crippen molar-refractivity contribution < 1.29 is 36.0 Å². The molecule has 4 rings (SSSR count). The molecule has 1 aromatic heterocycles. The number of anilines is 1. The van der Waals surface area contributed by atoms with E-state index in [9.17, 15) is 26.7 Å². The second-order valence-corrected chi connectivity index (χ2v) is 9.37. The summed E-state index contributed by atoms with van der Waals surface area (Å²) >= 11 is 6.25. The predicted octanol–water partition coefficient (Wildman–Crippen LogP) is 5.78. The van der Waals surface area contributed by atoms with E-state index in [-0.39, 0.29) is 11.6 Å². The zero-order chi connectivity index (χ0) is 28.2. The number of aryl methyl sites for hydroxylation is 1. The Bertz CT molecular complexity index is 1290. The first-order valence-corrected chi connectivity index (χ1v) is 12.5. The highest BCUT2D eigenvalue weighted by Crippen LogP contribution is 2.40. The molecule has 2 aromatic carbocycles. The van der Waals surface area contributed by atoms with Gasteiger partial charge < -0.3 is 19.5 Å². The van der Waals surface area contributed by atoms with E-state index in [1.165, 1.54) is 12.1 Å². The normalized spacial score (nSPS) is 14.9. The summed E-state index contributed by atoms with van der Waals surface area (Å²) in [6.45, 7) is 4.61. The van der Waals surface area contributed by atoms with Gasteiger partial charge in [-0.05, 0) is 38.1 Å². The van der Waals surface area contributed by atoms with Crippen molar-refractivity contribution in [1.29, 1.82) is 0 Å². The Hall–Kier alpha value is -3.38. The van der Waals surface area contributed by atoms with Crippen LogP contribution < -0.4 is 15.0 Å². The fourth-order valence-electron chi connectivity index (χ4n) is 4.28. The lowest BCUT2D eigenvalue weighted by atomic mass is 10.1. The minimum atomic E-state index is -5.82. The van der Waals surface area contributed by atoms with Gasteiger partial charge in [-0.25, -0.2) is 0 Å². The van der Waals surface area contributed by atoms with E-state index in [0.717, 1.165) is 6.07 Å². The maximum atomic E-state index is 13.5. The molecular weight excluding hydrogens is 547 g/mol. The number of benzene rings is 2. The van der Waals surface area contributed by atoms with Gasteiger partial charge in [0.2, 0.25) is 0 Å². The van der Waals surface area contributed by atoms with Gasteiger partial charge in [0, 0.05) is 38.3 Å². The van der Waals surface area contributed by atoms with E-state index in [1.54, 1.807) is 42.2 Å². The molecule has 210 valence electrons. The Morgan fingerprint density at radius 2 is 1.72 bits per heavy atom. The number of ether oxygens (including phenoxy) is 1. The zero-order valence-electron chi connectivity index (χ0n) is 20.9. The van der Waals surface area contributed by atoms with Crippen LogP contribution in [0.3, 0.4) is 0 Å². The molecule has 0 spiro atoms. The molecule has 0 aliphatic carbocycles. The Morgan fingerprint density at radius 1 is 1.05 bits per heavy atom. The molecule has 13 heteroatoms. The van der Waals surface area contributed by atoms with Crippen LogP contribution in [-0.4, -0.2) is 67.5 Å². The Balaban J connectivity index is 1.27. The van der Waals surface area contributed by atoms with Gasteiger partial charge in [0.15, 0.2) is 0 Å². The SMILES string of the molecule is Cc1onc(-c2ccccc2Cl)c1C(=O)NCCCN1CCN(c2ccccc2OC(F)(F)C(F)(F)F)CC1. The number of rotatable bonds is 9. The smallest absolute Gasteiger partial charge is 0.424 e. The number of alkyl halides is 5. The summed E-state index contributed by atoms with van der Waals surface area (Å²) in [5.41, 5.74) is 1.44. The first-order chi connectivity index (χ1) is 18.5. The summed E-state index contributed by atoms with van der Waals surface area (Å²) in [7, 11) is 0. The van der Waals surface area contributed by atoms with Crippen molar-refractivity contribution in [3.63, 3.8) is 0 Å². The number of amides is 1. The quantitative estimate of drug-likeness (QED) is 0.259. The van der Waals surface area contributed by atoms with E-state index in [2.05, 4.69) is 20.1 Å². The highest BCUT2D eigenvalue weighted by atomic mass is 35.5. The fourth-order valence-corrected chi connectivity index (χ4v) is 4.51. The van der Waals surface area contributed by atoms with Gasteiger partial charge in [0.25, 0.3) is 5.91 Å². The Morgan fingerprint density at radius 3 is 2.41 bits per heavy atom. The van der Waals surface area contributed by atoms with Crippen LogP contribution in [0.15, 0.2) is 53.1 Å². The number of nitrogens with one attached hydrogen (secondary N) is 1. The lowest BCUT2D eigenvalue weighted by Gasteiger charge is -2.37. The van der Waals surface area contributed by atoms with Crippen LogP contribution in [0.25, 0.3) is 11.3 Å². The standard InChI is InChI=1S/C26H26ClF5N4O3/c1-17-22(23(34-39-17)18-7-2-3-8-19(18)27)24(37)33-11-6-12-35-13-15-36(16-14-35)20-9-4-5-10-21(20)38-26(31,32)25(28,29)30/h2-5,7-10H,6,11-16H2,1H3,(H,33,37). The Kier molecular flexibility index (Phi) is 8.65. The molecule has 1 aliphatic rings. The largest absolute Gasteiger partial charge is 0.499 e. The van der Waals surface area contributed by atoms with E-state index in [0.29, 0.717) is 73.3 Å². The van der Waals surface area contributed by atoms with Crippen molar-refractivity contribution >= 4 is 23.2 Å². The molecule has 0 radical (unpaired) electrons. The van der Waals surface area contributed by atoms with E-state index < -0.39 is 18.0 Å². The van der Waals surface area contributed by atoms with Gasteiger partial charge >= 0.3 is 12.3 Å². The third-order valence-electron chi connectivity index (χ3n) is 6.30. The van der Waals surface area contributed by atoms with Gasteiger partial charge in [-0.15, -0.1) is 0 Å². The molecule has 0 unspecified atom stereocenters. The van der Waals surface area contributed by atoms with Crippen LogP contribution in [0.4, 0.5) is 27.6 Å². The molecule has 0 bridgehead atoms. The maximum Gasteiger partial charge on any atom is 0.499 e. The second-order valence-electron chi connectivity index (χ2n) is 8.96. The van der Waals surface area contributed by atoms with Crippen molar-refractivity contribution in [2.45, 2.75) is 25.6 Å². The van der Waals surface area contributed by atoms with Gasteiger partial charge in [0.1, 0.15) is 22.8 Å². The highest BCUT2D eigenvalue weighted by molar-refractivity contribution is 6.33. The van der Waals surface area contributed by atoms with E-state index in [1.807, 2.05) is 0 Å². The fraction of sp³-hybridized carbons (Fsp3) is 0.385. The van der Waals surface area contributed by atoms with Crippen molar-refractivity contribution in [3.05, 3.63) is 64.9 Å². The first-order valence-electron chi connectivity index (χ1n) is 12.2. The third kappa shape index (κ3) is 6.62. The monoisotopic (exact) mass is 572 g/mol. The topological polar surface area (TPSA) is 70.8 Å². The van der Waals surface area contributed by atoms with Crippen molar-refractivity contribution in [2.75, 3.05) is 44.2 Å². The van der Waals surface area contributed by atoms with Crippen LogP contribution in [0.5, 0.6) is 5.75 Å². The summed E-state index contributed by atoms with van der Waals surface area (Å²) in [6, 6.07) is 12.5. The van der Waals surface area contributed by atoms with Gasteiger partial charge in [-0.1, -0.05) is 47.1 Å². The number of carbonyl (C=O) groups is 1. The molecule has 1 saturated heterocycles. The van der Waals surface area contributed by atoms with E-state index in [4.69, 9.17) is 16.1 Å². The minimum absolute atomic E-state index is 0.173. The lowest BCUT2D eigenvalue weighted by molar-refractivity contribution is -0.360. The molecule has 39 heavy (non-hydrogen) atoms. The number of para-hydroxylation sites is 2. The molecule has 1 N–H and O–H groups in total. The summed E-state index contributed by atoms with van der Waals surface area (Å²) in [6.07, 6.45) is -10.5. The van der Waals surface area contributed by atoms with Crippen LogP contribution in [0, 0.1) is 6.92 Å². The molecule has 3 aromatic rings. The average Bonchev–Trinajstić information content (AvgIpc) is 3.28. The van der Waals surface area contributed by atoms with Crippen LogP contribution >= 0.6 is 11.6 Å². The van der Waals surface area contributed by atoms with Crippen LogP contribution in [0.1, 0.15) is 22.5 Å². The average molecular weight is 573 g/mol. The van der Waals surface area contributed by atoms with Gasteiger partial charge in [-0.2, -0.15) is 22.0 Å². The molecule has 1 amide bonds. The number of carbonyl (C=O) groups excluding carboxylic acids is 1. The summed E-state index contributed by atoms with van der Waals surface area (Å²) < 4.78 is 74.1.